The monoisotopic (exact) mass is 1680 g/mol. The smallest absolute Gasteiger partial charge is 0.0213 e. The van der Waals surface area contributed by atoms with Gasteiger partial charge in [0, 0.05) is 167 Å². The maximum absolute atomic E-state index is 2.69. The highest BCUT2D eigenvalue weighted by Crippen LogP contribution is 2.51. The Morgan fingerprint density at radius 3 is 0.408 bits per heavy atom. The van der Waals surface area contributed by atoms with E-state index in [1.54, 1.807) is 0 Å². The van der Waals surface area contributed by atoms with Gasteiger partial charge in [-0.2, -0.15) is 0 Å². The second-order valence-electron chi connectivity index (χ2n) is 56.9. The summed E-state index contributed by atoms with van der Waals surface area (Å²) in [5.74, 6) is 0. The highest BCUT2D eigenvalue weighted by molar-refractivity contribution is 5.13. The molecular formula is C106H212N14. The van der Waals surface area contributed by atoms with Crippen LogP contribution >= 0.6 is 0 Å². The van der Waals surface area contributed by atoms with E-state index in [1.165, 1.54) is 286 Å². The fourth-order valence-corrected chi connectivity index (χ4v) is 23.2. The molecule has 7 spiro atoms. The summed E-state index contributed by atoms with van der Waals surface area (Å²) in [7, 11) is 0. The van der Waals surface area contributed by atoms with E-state index in [0.717, 1.165) is 6.04 Å². The maximum atomic E-state index is 2.69. The highest BCUT2D eigenvalue weighted by Gasteiger charge is 2.58. The van der Waals surface area contributed by atoms with Gasteiger partial charge in [-0.1, -0.05) is 0 Å². The largest absolute Gasteiger partial charge is 0.300 e. The first kappa shape index (κ1) is 105. The van der Waals surface area contributed by atoms with Crippen LogP contribution in [0.5, 0.6) is 0 Å². The molecule has 0 saturated carbocycles. The minimum Gasteiger partial charge on any atom is -0.300 e. The van der Waals surface area contributed by atoms with Crippen LogP contribution in [-0.4, -0.2) is 330 Å². The molecule has 0 aromatic carbocycles. The lowest BCUT2D eigenvalue weighted by Crippen LogP contribution is -2.76. The molecule has 0 atom stereocenters. The van der Waals surface area contributed by atoms with Crippen LogP contribution in [-0.2, 0) is 0 Å². The lowest BCUT2D eigenvalue weighted by Gasteiger charge is -2.66. The van der Waals surface area contributed by atoms with Crippen molar-refractivity contribution >= 4 is 0 Å². The number of likely N-dealkylation sites (tertiary alicyclic amines) is 14. The van der Waals surface area contributed by atoms with Crippen LogP contribution in [0, 0.1) is 37.9 Å². The molecular weight excluding hydrogens is 1470 g/mol. The van der Waals surface area contributed by atoms with Crippen LogP contribution in [0.2, 0.25) is 0 Å². The summed E-state index contributed by atoms with van der Waals surface area (Å²) >= 11 is 0. The highest BCUT2D eigenvalue weighted by atomic mass is 15.4. The fraction of sp³-hybridized carbons (Fsp3) is 1.00. The summed E-state index contributed by atoms with van der Waals surface area (Å²) in [6, 6.07) is 0.732. The molecule has 0 amide bonds. The van der Waals surface area contributed by atoms with Crippen LogP contribution in [0.1, 0.15) is 387 Å². The quantitative estimate of drug-likeness (QED) is 0.250. The van der Waals surface area contributed by atoms with Crippen LogP contribution in [0.15, 0.2) is 0 Å². The standard InChI is InChI=1S/2C17H34N2.C16H32N2.2C15H30N2.2C13H26N2/c2*1-15(2,3)18-11-7-17(8-12-18)9-13-19(14-10-17)16(4,5)6;1-14(2,3)17-10-7-16(8-11-17)9-12-18(13-16)15(4,5)6;1-13(2,3)16-9-7-15(8-10-16)11-17(12-15)14(4,5)6;1-13(2)16-9-6-15(12-16)7-10-17(11-8-15)14(3,4)5;2*1-11(2,3)14-7-13(8-14)9-15(10-13)12(4,5)6/h2*7-14H2,1-6H3;7-13H2,1-6H3;7-12H2,1-6H3;13H,6-12H2,1-5H3;2*7-10H2,1-6H3. The summed E-state index contributed by atoms with van der Waals surface area (Å²) < 4.78 is 0. The Labute approximate surface area is 750 Å². The Balaban J connectivity index is 0.000000174. The molecule has 0 radical (unpaired) electrons. The molecule has 14 heterocycles. The molecule has 0 bridgehead atoms. The molecule has 14 fully saturated rings. The Morgan fingerprint density at radius 1 is 0.133 bits per heavy atom. The number of rotatable bonds is 1. The molecule has 14 nitrogen and oxygen atoms in total. The van der Waals surface area contributed by atoms with E-state index >= 15 is 0 Å². The van der Waals surface area contributed by atoms with E-state index in [9.17, 15) is 0 Å². The van der Waals surface area contributed by atoms with E-state index in [4.69, 9.17) is 0 Å². The van der Waals surface area contributed by atoms with E-state index in [0.29, 0.717) is 110 Å². The van der Waals surface area contributed by atoms with Gasteiger partial charge in [-0.05, 0) is 518 Å². The topological polar surface area (TPSA) is 45.4 Å². The average molecular weight is 1680 g/mol. The molecule has 0 unspecified atom stereocenters. The Morgan fingerprint density at radius 2 is 0.258 bits per heavy atom. The number of nitrogens with zero attached hydrogens (tertiary/aromatic N) is 14. The van der Waals surface area contributed by atoms with Crippen molar-refractivity contribution in [1.29, 1.82) is 0 Å². The Hall–Kier alpha value is -0.560. The molecule has 0 N–H and O–H groups in total. The van der Waals surface area contributed by atoms with Gasteiger partial charge in [-0.3, -0.25) is 63.7 Å². The van der Waals surface area contributed by atoms with E-state index in [1.807, 2.05) is 0 Å². The van der Waals surface area contributed by atoms with Gasteiger partial charge in [-0.25, -0.2) is 0 Å². The summed E-state index contributed by atoms with van der Waals surface area (Å²) in [5, 5.41) is 0. The predicted octanol–water partition coefficient (Wildman–Crippen LogP) is 21.3. The summed E-state index contributed by atoms with van der Waals surface area (Å²) in [6.07, 6.45) is 22.6. The molecule has 0 aliphatic carbocycles. The first-order valence-corrected chi connectivity index (χ1v) is 50.6. The van der Waals surface area contributed by atoms with Crippen molar-refractivity contribution in [3.05, 3.63) is 0 Å². The predicted molar refractivity (Wildman–Crippen MR) is 525 cm³/mol. The van der Waals surface area contributed by atoms with Crippen LogP contribution in [0.3, 0.4) is 0 Å². The van der Waals surface area contributed by atoms with E-state index < -0.39 is 0 Å². The number of hydrogen-bond acceptors (Lipinski definition) is 14. The summed E-state index contributed by atoms with van der Waals surface area (Å²) in [4.78, 5) is 37.1. The fourth-order valence-electron chi connectivity index (χ4n) is 23.2. The molecule has 0 aromatic rings. The molecule has 14 rings (SSSR count). The third-order valence-corrected chi connectivity index (χ3v) is 34.0. The molecule has 14 aliphatic heterocycles. The molecule has 14 heteroatoms. The Kier molecular flexibility index (Phi) is 32.8. The summed E-state index contributed by atoms with van der Waals surface area (Å²) in [6.45, 7) is 133. The molecule has 706 valence electrons. The van der Waals surface area contributed by atoms with Crippen molar-refractivity contribution in [1.82, 2.24) is 68.6 Å². The molecule has 120 heavy (non-hydrogen) atoms. The lowest BCUT2D eigenvalue weighted by molar-refractivity contribution is -0.167. The van der Waals surface area contributed by atoms with Gasteiger partial charge in [0.2, 0.25) is 0 Å². The van der Waals surface area contributed by atoms with Crippen molar-refractivity contribution < 1.29 is 0 Å². The SMILES string of the molecule is CC(C)(C)N1CC2(C1)CN(C(C)(C)C)C2.CC(C)(C)N1CC2(C1)CN(C(C)(C)C)C2.CC(C)(C)N1CCC2(CC1)CCN(C(C)(C)C)C2.CC(C)(C)N1CCC2(CC1)CCN(C(C)(C)C)CC2.CC(C)(C)N1CCC2(CC1)CCN(C(C)(C)C)CC2.CC(C)(C)N1CCC2(CC1)CN(C(C)(C)C)C2.CC(C)N1CCC2(CCN(C(C)(C)C)CC2)C1. The maximum Gasteiger partial charge on any atom is 0.0213 e. The van der Waals surface area contributed by atoms with Crippen LogP contribution in [0.4, 0.5) is 0 Å². The van der Waals surface area contributed by atoms with Crippen LogP contribution in [0.25, 0.3) is 0 Å². The molecule has 0 aromatic heterocycles. The van der Waals surface area contributed by atoms with Crippen molar-refractivity contribution in [2.24, 2.45) is 37.9 Å². The molecule has 14 saturated heterocycles. The third kappa shape index (κ3) is 28.2. The summed E-state index contributed by atoms with van der Waals surface area (Å²) in [5.41, 5.74) is 9.28. The Bertz CT molecular complexity index is 2800. The second-order valence-corrected chi connectivity index (χ2v) is 56.9. The van der Waals surface area contributed by atoms with Crippen molar-refractivity contribution in [3.8, 4) is 0 Å². The van der Waals surface area contributed by atoms with Gasteiger partial charge in [0.15, 0.2) is 0 Å². The lowest BCUT2D eigenvalue weighted by atomic mass is 9.69. The zero-order valence-corrected chi connectivity index (χ0v) is 89.0. The van der Waals surface area contributed by atoms with Gasteiger partial charge < -0.3 is 4.90 Å². The third-order valence-electron chi connectivity index (χ3n) is 34.0. The van der Waals surface area contributed by atoms with Gasteiger partial charge in [0.05, 0.1) is 0 Å². The van der Waals surface area contributed by atoms with Crippen molar-refractivity contribution in [2.45, 2.75) is 465 Å². The zero-order chi connectivity index (χ0) is 90.8. The van der Waals surface area contributed by atoms with E-state index in [-0.39, 0.29) is 0 Å². The minimum absolute atomic E-state index is 0.351. The normalized spacial score (nSPS) is 27.1. The zero-order valence-electron chi connectivity index (χ0n) is 89.0. The van der Waals surface area contributed by atoms with Crippen LogP contribution < -0.4 is 0 Å². The molecule has 14 aliphatic rings. The number of hydrogen-bond donors (Lipinski definition) is 0. The minimum atomic E-state index is 0.351. The van der Waals surface area contributed by atoms with E-state index in [2.05, 4.69) is 352 Å². The average Bonchev–Trinajstić information content (AvgIpc) is 0.863. The van der Waals surface area contributed by atoms with Gasteiger partial charge in [0.1, 0.15) is 0 Å². The first-order valence-electron chi connectivity index (χ1n) is 50.6. The van der Waals surface area contributed by atoms with Gasteiger partial charge >= 0.3 is 0 Å². The van der Waals surface area contributed by atoms with Crippen molar-refractivity contribution in [3.63, 3.8) is 0 Å². The number of piperidine rings is 7. The first-order chi connectivity index (χ1) is 54.1. The van der Waals surface area contributed by atoms with Gasteiger partial charge in [0.25, 0.3) is 0 Å². The second kappa shape index (κ2) is 37.6. The van der Waals surface area contributed by atoms with Crippen molar-refractivity contribution in [2.75, 3.05) is 183 Å². The van der Waals surface area contributed by atoms with Gasteiger partial charge in [-0.15, -0.1) is 0 Å².